The lowest BCUT2D eigenvalue weighted by Crippen LogP contribution is -2.28. The number of thiocarbonyl (C=S) groups is 1. The molecule has 1 aromatic carbocycles. The second kappa shape index (κ2) is 7.97. The summed E-state index contributed by atoms with van der Waals surface area (Å²) < 4.78 is 2.57. The number of hydrogen-bond donors (Lipinski definition) is 2. The highest BCUT2D eigenvalue weighted by Crippen LogP contribution is 2.24. The lowest BCUT2D eigenvalue weighted by atomic mass is 10.2. The molecule has 2 aromatic rings. The lowest BCUT2D eigenvalue weighted by Gasteiger charge is -2.07. The van der Waals surface area contributed by atoms with Gasteiger partial charge in [0.15, 0.2) is 10.9 Å². The zero-order chi connectivity index (χ0) is 16.1. The fraction of sp³-hybridized carbons (Fsp3) is 0.143. The molecule has 4 nitrogen and oxygen atoms in total. The van der Waals surface area contributed by atoms with E-state index in [1.807, 2.05) is 12.3 Å². The summed E-state index contributed by atoms with van der Waals surface area (Å²) in [5.74, 6) is 0.631. The first-order valence-corrected chi connectivity index (χ1v) is 8.28. The van der Waals surface area contributed by atoms with Gasteiger partial charge in [-0.3, -0.25) is 4.68 Å². The van der Waals surface area contributed by atoms with E-state index in [0.29, 0.717) is 34.1 Å². The zero-order valence-corrected chi connectivity index (χ0v) is 15.4. The summed E-state index contributed by atoms with van der Waals surface area (Å²) in [5.41, 5.74) is 0.931. The van der Waals surface area contributed by atoms with Gasteiger partial charge in [-0.25, -0.2) is 0 Å². The van der Waals surface area contributed by atoms with Crippen LogP contribution in [0.3, 0.4) is 0 Å². The normalized spacial score (nSPS) is 10.3. The Morgan fingerprint density at radius 3 is 2.91 bits per heavy atom. The molecule has 0 unspecified atom stereocenters. The van der Waals surface area contributed by atoms with Gasteiger partial charge in [0, 0.05) is 22.8 Å². The lowest BCUT2D eigenvalue weighted by molar-refractivity contribution is 0.689. The van der Waals surface area contributed by atoms with Crippen molar-refractivity contribution in [1.82, 2.24) is 15.1 Å². The number of anilines is 1. The molecular weight excluding hydrogens is 407 g/mol. The van der Waals surface area contributed by atoms with Gasteiger partial charge >= 0.3 is 0 Å². The second-order valence-electron chi connectivity index (χ2n) is 4.38. The molecule has 1 aromatic heterocycles. The second-order valence-corrected chi connectivity index (χ2v) is 6.49. The molecule has 2 N–H and O–H groups in total. The van der Waals surface area contributed by atoms with E-state index in [9.17, 15) is 0 Å². The Morgan fingerprint density at radius 1 is 1.45 bits per heavy atom. The molecular formula is C14H13BrCl2N4S. The molecule has 8 heteroatoms. The van der Waals surface area contributed by atoms with Gasteiger partial charge in [-0.1, -0.05) is 35.3 Å². The van der Waals surface area contributed by atoms with E-state index in [1.165, 1.54) is 0 Å². The average molecular weight is 420 g/mol. The summed E-state index contributed by atoms with van der Waals surface area (Å²) in [4.78, 5) is 0. The predicted octanol–water partition coefficient (Wildman–Crippen LogP) is 4.47. The molecule has 0 saturated carbocycles. The highest BCUT2D eigenvalue weighted by atomic mass is 79.9. The van der Waals surface area contributed by atoms with E-state index >= 15 is 0 Å². The standard InChI is InChI=1S/C14H13BrCl2N4S/c1-2-5-18-14(22)19-13-11(15)8-21(20-13)7-9-3-4-10(16)6-12(9)17/h2-4,6,8H,1,5,7H2,(H2,18,19,20,22). The third-order valence-electron chi connectivity index (χ3n) is 2.70. The molecule has 0 fully saturated rings. The fourth-order valence-corrected chi connectivity index (χ4v) is 2.77. The molecule has 0 spiro atoms. The van der Waals surface area contributed by atoms with Crippen molar-refractivity contribution < 1.29 is 0 Å². The SMILES string of the molecule is C=CCNC(=S)Nc1nn(Cc2ccc(Cl)cc2Cl)cc1Br. The molecule has 0 aliphatic rings. The molecule has 22 heavy (non-hydrogen) atoms. The quantitative estimate of drug-likeness (QED) is 0.554. The van der Waals surface area contributed by atoms with E-state index < -0.39 is 0 Å². The number of benzene rings is 1. The maximum atomic E-state index is 6.17. The van der Waals surface area contributed by atoms with Crippen molar-refractivity contribution in [1.29, 1.82) is 0 Å². The van der Waals surface area contributed by atoms with Gasteiger partial charge < -0.3 is 10.6 Å². The Kier molecular flexibility index (Phi) is 6.26. The molecule has 1 heterocycles. The Hall–Kier alpha value is -1.08. The molecule has 0 amide bonds. The smallest absolute Gasteiger partial charge is 0.172 e. The Morgan fingerprint density at radius 2 is 2.23 bits per heavy atom. The number of halogens is 3. The molecule has 0 aliphatic carbocycles. The minimum Gasteiger partial charge on any atom is -0.359 e. The van der Waals surface area contributed by atoms with E-state index in [1.54, 1.807) is 22.9 Å². The summed E-state index contributed by atoms with van der Waals surface area (Å²) >= 11 is 20.7. The molecule has 116 valence electrons. The van der Waals surface area contributed by atoms with E-state index in [-0.39, 0.29) is 0 Å². The topological polar surface area (TPSA) is 41.9 Å². The van der Waals surface area contributed by atoms with Gasteiger partial charge in [-0.05, 0) is 45.8 Å². The highest BCUT2D eigenvalue weighted by Gasteiger charge is 2.09. The molecule has 0 aliphatic heterocycles. The first kappa shape index (κ1) is 17.3. The monoisotopic (exact) mass is 418 g/mol. The third kappa shape index (κ3) is 4.71. The average Bonchev–Trinajstić information content (AvgIpc) is 2.80. The summed E-state index contributed by atoms with van der Waals surface area (Å²) in [5, 5.41) is 12.1. The first-order valence-electron chi connectivity index (χ1n) is 6.32. The van der Waals surface area contributed by atoms with Crippen molar-refractivity contribution in [3.63, 3.8) is 0 Å². The van der Waals surface area contributed by atoms with Crippen LogP contribution in [0.15, 0.2) is 41.5 Å². The van der Waals surface area contributed by atoms with Gasteiger partial charge in [0.25, 0.3) is 0 Å². The van der Waals surface area contributed by atoms with Crippen molar-refractivity contribution in [2.45, 2.75) is 6.54 Å². The van der Waals surface area contributed by atoms with Crippen LogP contribution in [-0.4, -0.2) is 21.4 Å². The van der Waals surface area contributed by atoms with Crippen LogP contribution in [0.5, 0.6) is 0 Å². The maximum Gasteiger partial charge on any atom is 0.172 e. The highest BCUT2D eigenvalue weighted by molar-refractivity contribution is 9.10. The zero-order valence-electron chi connectivity index (χ0n) is 11.4. The van der Waals surface area contributed by atoms with Crippen molar-refractivity contribution >= 4 is 62.3 Å². The number of rotatable bonds is 5. The van der Waals surface area contributed by atoms with Crippen molar-refractivity contribution in [2.75, 3.05) is 11.9 Å². The first-order chi connectivity index (χ1) is 10.5. The largest absolute Gasteiger partial charge is 0.359 e. The van der Waals surface area contributed by atoms with E-state index in [2.05, 4.69) is 38.2 Å². The van der Waals surface area contributed by atoms with Crippen LogP contribution in [0.4, 0.5) is 5.82 Å². The summed E-state index contributed by atoms with van der Waals surface area (Å²) in [6.07, 6.45) is 3.58. The van der Waals surface area contributed by atoms with Gasteiger partial charge in [-0.15, -0.1) is 6.58 Å². The van der Waals surface area contributed by atoms with E-state index in [4.69, 9.17) is 35.4 Å². The van der Waals surface area contributed by atoms with Crippen LogP contribution in [0.1, 0.15) is 5.56 Å². The number of nitrogens with one attached hydrogen (secondary N) is 2. The summed E-state index contributed by atoms with van der Waals surface area (Å²) in [6, 6.07) is 5.39. The number of hydrogen-bond acceptors (Lipinski definition) is 2. The number of nitrogens with zero attached hydrogens (tertiary/aromatic N) is 2. The van der Waals surface area contributed by atoms with Gasteiger partial charge in [0.05, 0.1) is 11.0 Å². The summed E-state index contributed by atoms with van der Waals surface area (Å²) in [6.45, 7) is 4.74. The predicted molar refractivity (Wildman–Crippen MR) is 99.9 cm³/mol. The summed E-state index contributed by atoms with van der Waals surface area (Å²) in [7, 11) is 0. The van der Waals surface area contributed by atoms with E-state index in [0.717, 1.165) is 10.0 Å². The van der Waals surface area contributed by atoms with Crippen LogP contribution in [-0.2, 0) is 6.54 Å². The van der Waals surface area contributed by atoms with Crippen LogP contribution in [0.2, 0.25) is 10.0 Å². The maximum absolute atomic E-state index is 6.17. The van der Waals surface area contributed by atoms with Gasteiger partial charge in [0.1, 0.15) is 0 Å². The van der Waals surface area contributed by atoms with Crippen LogP contribution in [0.25, 0.3) is 0 Å². The van der Waals surface area contributed by atoms with Crippen LogP contribution in [0, 0.1) is 0 Å². The number of aromatic nitrogens is 2. The van der Waals surface area contributed by atoms with Gasteiger partial charge in [-0.2, -0.15) is 5.10 Å². The fourth-order valence-electron chi connectivity index (χ4n) is 1.70. The van der Waals surface area contributed by atoms with Crippen molar-refractivity contribution in [3.05, 3.63) is 57.1 Å². The molecule has 0 saturated heterocycles. The van der Waals surface area contributed by atoms with Crippen LogP contribution < -0.4 is 10.6 Å². The van der Waals surface area contributed by atoms with Gasteiger partial charge in [0.2, 0.25) is 0 Å². The molecule has 2 rings (SSSR count). The molecule has 0 atom stereocenters. The Balaban J connectivity index is 2.09. The minimum atomic E-state index is 0.482. The third-order valence-corrected chi connectivity index (χ3v) is 4.12. The molecule has 0 bridgehead atoms. The van der Waals surface area contributed by atoms with Crippen molar-refractivity contribution in [3.8, 4) is 0 Å². The van der Waals surface area contributed by atoms with Crippen molar-refractivity contribution in [2.24, 2.45) is 0 Å². The minimum absolute atomic E-state index is 0.482. The Bertz CT molecular complexity index is 702. The van der Waals surface area contributed by atoms with Crippen LogP contribution >= 0.6 is 51.3 Å². The molecule has 0 radical (unpaired) electrons. The Labute approximate surface area is 152 Å².